The maximum Gasteiger partial charge on any atom is 0.295 e. The van der Waals surface area contributed by atoms with Gasteiger partial charge in [-0.3, -0.25) is 14.0 Å². The van der Waals surface area contributed by atoms with Gasteiger partial charge in [-0.1, -0.05) is 35.3 Å². The Hall–Kier alpha value is -2.87. The number of aromatic nitrogens is 2. The molecule has 2 aromatic heterocycles. The number of carbonyl (C=O) groups is 2. The third-order valence-corrected chi connectivity index (χ3v) is 6.79. The molecule has 3 heterocycles. The average Bonchev–Trinajstić information content (AvgIpc) is 3.25. The van der Waals surface area contributed by atoms with Gasteiger partial charge >= 0.3 is 0 Å². The van der Waals surface area contributed by atoms with E-state index in [-0.39, 0.29) is 11.3 Å². The van der Waals surface area contributed by atoms with Crippen molar-refractivity contribution in [2.45, 2.75) is 26.3 Å². The van der Waals surface area contributed by atoms with E-state index in [2.05, 4.69) is 4.98 Å². The van der Waals surface area contributed by atoms with Crippen molar-refractivity contribution >= 4 is 46.3 Å². The number of hydrogen-bond acceptors (Lipinski definition) is 5. The quantitative estimate of drug-likeness (QED) is 0.303. The number of pyridine rings is 1. The summed E-state index contributed by atoms with van der Waals surface area (Å²) in [5.41, 5.74) is 3.15. The lowest BCUT2D eigenvalue weighted by Gasteiger charge is -2.26. The fourth-order valence-electron chi connectivity index (χ4n) is 4.43. The van der Waals surface area contributed by atoms with Crippen LogP contribution >= 0.6 is 23.2 Å². The second kappa shape index (κ2) is 9.41. The van der Waals surface area contributed by atoms with Gasteiger partial charge in [-0.2, -0.15) is 0 Å². The van der Waals surface area contributed by atoms with Crippen LogP contribution in [0.25, 0.3) is 11.4 Å². The predicted octanol–water partition coefficient (Wildman–Crippen LogP) is 4.63. The molecule has 3 aromatic rings. The zero-order chi connectivity index (χ0) is 24.7. The maximum atomic E-state index is 13.3. The van der Waals surface area contributed by atoms with E-state index in [1.165, 1.54) is 4.90 Å². The monoisotopic (exact) mass is 500 g/mol. The Morgan fingerprint density at radius 2 is 1.88 bits per heavy atom. The number of imidazole rings is 1. The van der Waals surface area contributed by atoms with Crippen LogP contribution in [0.3, 0.4) is 0 Å². The minimum atomic E-state index is -0.799. The molecule has 4 rings (SSSR count). The molecule has 34 heavy (non-hydrogen) atoms. The first kappa shape index (κ1) is 24.3. The van der Waals surface area contributed by atoms with Gasteiger partial charge in [0.1, 0.15) is 11.3 Å². The van der Waals surface area contributed by atoms with E-state index in [4.69, 9.17) is 23.2 Å². The molecule has 0 unspecified atom stereocenters. The van der Waals surface area contributed by atoms with Crippen molar-refractivity contribution in [2.75, 3.05) is 27.2 Å². The molecule has 1 aliphatic heterocycles. The number of aliphatic hydroxyl groups is 1. The van der Waals surface area contributed by atoms with E-state index >= 15 is 0 Å². The van der Waals surface area contributed by atoms with Gasteiger partial charge in [0.25, 0.3) is 11.7 Å². The van der Waals surface area contributed by atoms with E-state index < -0.39 is 17.7 Å². The Bertz CT molecular complexity index is 1330. The number of benzene rings is 1. The first-order valence-electron chi connectivity index (χ1n) is 10.9. The summed E-state index contributed by atoms with van der Waals surface area (Å²) in [6.45, 7) is 4.77. The van der Waals surface area contributed by atoms with Gasteiger partial charge in [0.05, 0.1) is 27.4 Å². The lowest BCUT2D eigenvalue weighted by molar-refractivity contribution is -0.139. The van der Waals surface area contributed by atoms with E-state index in [1.54, 1.807) is 35.7 Å². The van der Waals surface area contributed by atoms with Gasteiger partial charge < -0.3 is 14.9 Å². The Labute approximate surface area is 208 Å². The van der Waals surface area contributed by atoms with Crippen molar-refractivity contribution in [1.29, 1.82) is 0 Å². The number of hydrogen-bond donors (Lipinski definition) is 1. The summed E-state index contributed by atoms with van der Waals surface area (Å²) in [4.78, 5) is 34.5. The zero-order valence-electron chi connectivity index (χ0n) is 19.5. The van der Waals surface area contributed by atoms with E-state index in [9.17, 15) is 14.7 Å². The molecule has 178 valence electrons. The first-order chi connectivity index (χ1) is 16.1. The van der Waals surface area contributed by atoms with Crippen LogP contribution in [0.2, 0.25) is 10.0 Å². The molecule has 1 aromatic carbocycles. The molecule has 0 saturated carbocycles. The highest BCUT2D eigenvalue weighted by Gasteiger charge is 2.46. The van der Waals surface area contributed by atoms with Crippen LogP contribution in [-0.4, -0.2) is 63.2 Å². The smallest absolute Gasteiger partial charge is 0.295 e. The summed E-state index contributed by atoms with van der Waals surface area (Å²) in [6, 6.07) is 7.95. The molecule has 9 heteroatoms. The van der Waals surface area contributed by atoms with Crippen LogP contribution in [-0.2, 0) is 9.59 Å². The minimum Gasteiger partial charge on any atom is -0.505 e. The topological polar surface area (TPSA) is 78.1 Å². The van der Waals surface area contributed by atoms with Crippen molar-refractivity contribution in [3.05, 3.63) is 74.7 Å². The summed E-state index contributed by atoms with van der Waals surface area (Å²) >= 11 is 12.4. The third-order valence-electron chi connectivity index (χ3n) is 6.05. The highest BCUT2D eigenvalue weighted by molar-refractivity contribution is 6.46. The zero-order valence-corrected chi connectivity index (χ0v) is 21.0. The van der Waals surface area contributed by atoms with Crippen molar-refractivity contribution < 1.29 is 14.7 Å². The highest BCUT2D eigenvalue weighted by Crippen LogP contribution is 2.41. The number of fused-ring (bicyclic) bond motifs is 1. The minimum absolute atomic E-state index is 0.0136. The molecule has 1 saturated heterocycles. The molecule has 1 amide bonds. The Balaban J connectivity index is 1.91. The number of Topliss-reactive ketones (excluding diaryl/α,β-unsaturated/α-hetero) is 1. The molecule has 0 aliphatic carbocycles. The summed E-state index contributed by atoms with van der Waals surface area (Å²) in [5.74, 6) is -1.65. The molecule has 7 nitrogen and oxygen atoms in total. The van der Waals surface area contributed by atoms with Crippen molar-refractivity contribution in [3.8, 4) is 0 Å². The summed E-state index contributed by atoms with van der Waals surface area (Å²) in [5, 5.41) is 12.2. The van der Waals surface area contributed by atoms with Crippen LogP contribution in [0.1, 0.15) is 35.0 Å². The first-order valence-corrected chi connectivity index (χ1v) is 11.7. The number of likely N-dealkylation sites (tertiary alicyclic amines) is 1. The van der Waals surface area contributed by atoms with Crippen molar-refractivity contribution in [3.63, 3.8) is 0 Å². The van der Waals surface area contributed by atoms with Crippen LogP contribution in [0.15, 0.2) is 42.1 Å². The number of halogens is 2. The number of carbonyl (C=O) groups excluding carboxylic acids is 2. The molecular weight excluding hydrogens is 475 g/mol. The van der Waals surface area contributed by atoms with E-state index in [0.717, 1.165) is 12.1 Å². The molecule has 0 radical (unpaired) electrons. The Morgan fingerprint density at radius 1 is 1.15 bits per heavy atom. The van der Waals surface area contributed by atoms with Gasteiger partial charge in [-0.25, -0.2) is 4.98 Å². The number of amides is 1. The van der Waals surface area contributed by atoms with Gasteiger partial charge in [0, 0.05) is 12.7 Å². The van der Waals surface area contributed by atoms with Crippen molar-refractivity contribution in [2.24, 2.45) is 0 Å². The highest BCUT2D eigenvalue weighted by atomic mass is 35.5. The lowest BCUT2D eigenvalue weighted by Crippen LogP contribution is -2.32. The molecule has 0 spiro atoms. The number of aliphatic hydroxyl groups excluding tert-OH is 1. The number of aryl methyl sites for hydroxylation is 2. The Kier molecular flexibility index (Phi) is 6.71. The SMILES string of the molecule is Cc1nc2c(C)cccn2c1C(O)=C1C(=O)C(=O)N(CCCN(C)C)[C@H]1c1ccc(Cl)c(Cl)c1. The maximum absolute atomic E-state index is 13.3. The van der Waals surface area contributed by atoms with Crippen LogP contribution in [0.5, 0.6) is 0 Å². The fraction of sp³-hybridized carbons (Fsp3) is 0.320. The molecular formula is C25H26Cl2N4O3. The second-order valence-electron chi connectivity index (χ2n) is 8.75. The summed E-state index contributed by atoms with van der Waals surface area (Å²) in [6.07, 6.45) is 2.43. The molecule has 0 bridgehead atoms. The fourth-order valence-corrected chi connectivity index (χ4v) is 4.73. The molecule has 1 aliphatic rings. The number of rotatable bonds is 6. The van der Waals surface area contributed by atoms with Gasteiger partial charge in [0.2, 0.25) is 0 Å². The van der Waals surface area contributed by atoms with E-state index in [0.29, 0.717) is 45.6 Å². The van der Waals surface area contributed by atoms with Crippen molar-refractivity contribution in [1.82, 2.24) is 19.2 Å². The summed E-state index contributed by atoms with van der Waals surface area (Å²) < 4.78 is 1.74. The van der Waals surface area contributed by atoms with Crippen LogP contribution < -0.4 is 0 Å². The second-order valence-corrected chi connectivity index (χ2v) is 9.57. The van der Waals surface area contributed by atoms with Crippen LogP contribution in [0.4, 0.5) is 0 Å². The normalized spacial score (nSPS) is 18.0. The molecule has 1 fully saturated rings. The lowest BCUT2D eigenvalue weighted by atomic mass is 9.96. The average molecular weight is 501 g/mol. The Morgan fingerprint density at radius 3 is 2.56 bits per heavy atom. The largest absolute Gasteiger partial charge is 0.505 e. The molecule has 1 atom stereocenters. The summed E-state index contributed by atoms with van der Waals surface area (Å²) in [7, 11) is 3.89. The number of ketones is 1. The predicted molar refractivity (Wildman–Crippen MR) is 133 cm³/mol. The number of nitrogens with zero attached hydrogens (tertiary/aromatic N) is 4. The molecule has 1 N–H and O–H groups in total. The standard InChI is InChI=1S/C25H26Cl2N4O3/c1-14-7-5-11-30-20(15(2)28-24(14)30)22(32)19-21(16-8-9-17(26)18(27)13-16)31(25(34)23(19)33)12-6-10-29(3)4/h5,7-9,11,13,21,32H,6,10,12H2,1-4H3/t21-/m0/s1. The third kappa shape index (κ3) is 4.19. The van der Waals surface area contributed by atoms with Crippen LogP contribution in [0, 0.1) is 13.8 Å². The van der Waals surface area contributed by atoms with E-state index in [1.807, 2.05) is 38.1 Å². The van der Waals surface area contributed by atoms with Gasteiger partial charge in [-0.05, 0) is 70.2 Å². The van der Waals surface area contributed by atoms with Gasteiger partial charge in [0.15, 0.2) is 5.76 Å². The van der Waals surface area contributed by atoms with Gasteiger partial charge in [-0.15, -0.1) is 0 Å².